The number of carbonyl (C=O) groups excluding carboxylic acids is 1. The van der Waals surface area contributed by atoms with E-state index in [1.807, 2.05) is 0 Å². The lowest BCUT2D eigenvalue weighted by Crippen LogP contribution is -2.37. The van der Waals surface area contributed by atoms with Crippen LogP contribution in [0.1, 0.15) is 0 Å². The third-order valence-electron chi connectivity index (χ3n) is 3.44. The fourth-order valence-electron chi connectivity index (χ4n) is 2.34. The Morgan fingerprint density at radius 1 is 1.20 bits per heavy atom. The van der Waals surface area contributed by atoms with Crippen molar-refractivity contribution in [3.05, 3.63) is 46.9 Å². The number of nitrogens with zero attached hydrogens (tertiary/aromatic N) is 1. The average molecular weight is 427 g/mol. The van der Waals surface area contributed by atoms with Crippen LogP contribution < -0.4 is 19.1 Å². The van der Waals surface area contributed by atoms with Crippen LogP contribution in [-0.2, 0) is 14.8 Å². The summed E-state index contributed by atoms with van der Waals surface area (Å²) in [5.74, 6) is 0.666. The molecule has 1 heterocycles. The van der Waals surface area contributed by atoms with Gasteiger partial charge in [-0.1, -0.05) is 22.0 Å². The summed E-state index contributed by atoms with van der Waals surface area (Å²) < 4.78 is 36.4. The number of rotatable bonds is 5. The molecule has 1 amide bonds. The molecule has 0 spiro atoms. The molecule has 132 valence electrons. The van der Waals surface area contributed by atoms with Gasteiger partial charge in [0, 0.05) is 16.2 Å². The van der Waals surface area contributed by atoms with Crippen LogP contribution in [0.15, 0.2) is 46.9 Å². The second-order valence-corrected chi connectivity index (χ2v) is 8.19. The van der Waals surface area contributed by atoms with Crippen molar-refractivity contribution in [3.8, 4) is 11.5 Å². The Bertz CT molecular complexity index is 916. The highest BCUT2D eigenvalue weighted by Crippen LogP contribution is 2.34. The second-order valence-electron chi connectivity index (χ2n) is 5.37. The van der Waals surface area contributed by atoms with E-state index in [-0.39, 0.29) is 13.3 Å². The van der Waals surface area contributed by atoms with E-state index in [4.69, 9.17) is 9.47 Å². The predicted octanol–water partition coefficient (Wildman–Crippen LogP) is 2.58. The van der Waals surface area contributed by atoms with E-state index in [1.165, 1.54) is 0 Å². The standard InChI is InChI=1S/C16H15BrN2O5S/c1-25(21,22)19(13-4-2-3-11(17)7-13)9-16(20)18-12-5-6-14-15(8-12)24-10-23-14/h2-8H,9-10H2,1H3,(H,18,20). The molecular formula is C16H15BrN2O5S. The van der Waals surface area contributed by atoms with Crippen molar-refractivity contribution in [1.82, 2.24) is 0 Å². The topological polar surface area (TPSA) is 84.9 Å². The van der Waals surface area contributed by atoms with Gasteiger partial charge in [-0.05, 0) is 30.3 Å². The highest BCUT2D eigenvalue weighted by molar-refractivity contribution is 9.10. The maximum atomic E-state index is 12.3. The third kappa shape index (κ3) is 4.23. The van der Waals surface area contributed by atoms with Crippen LogP contribution in [0.4, 0.5) is 11.4 Å². The number of carbonyl (C=O) groups is 1. The van der Waals surface area contributed by atoms with Gasteiger partial charge >= 0.3 is 0 Å². The molecule has 1 N–H and O–H groups in total. The largest absolute Gasteiger partial charge is 0.454 e. The smallest absolute Gasteiger partial charge is 0.245 e. The maximum absolute atomic E-state index is 12.3. The number of fused-ring (bicyclic) bond motifs is 1. The van der Waals surface area contributed by atoms with Crippen molar-refractivity contribution in [2.24, 2.45) is 0 Å². The monoisotopic (exact) mass is 426 g/mol. The van der Waals surface area contributed by atoms with E-state index in [1.54, 1.807) is 42.5 Å². The first-order valence-electron chi connectivity index (χ1n) is 7.26. The Labute approximate surface area is 153 Å². The fraction of sp³-hybridized carbons (Fsp3) is 0.188. The number of halogens is 1. The Morgan fingerprint density at radius 2 is 1.96 bits per heavy atom. The second kappa shape index (κ2) is 6.93. The minimum absolute atomic E-state index is 0.136. The molecule has 3 rings (SSSR count). The normalized spacial score (nSPS) is 12.7. The molecular weight excluding hydrogens is 412 g/mol. The molecule has 9 heteroatoms. The zero-order chi connectivity index (χ0) is 18.0. The van der Waals surface area contributed by atoms with Crippen LogP contribution in [0.5, 0.6) is 11.5 Å². The Balaban J connectivity index is 1.77. The van der Waals surface area contributed by atoms with E-state index >= 15 is 0 Å². The molecule has 0 unspecified atom stereocenters. The van der Waals surface area contributed by atoms with Crippen LogP contribution in [-0.4, -0.2) is 33.9 Å². The summed E-state index contributed by atoms with van der Waals surface area (Å²) in [7, 11) is -3.62. The van der Waals surface area contributed by atoms with Crippen molar-refractivity contribution in [1.29, 1.82) is 0 Å². The van der Waals surface area contributed by atoms with Crippen molar-refractivity contribution in [3.63, 3.8) is 0 Å². The van der Waals surface area contributed by atoms with E-state index in [0.717, 1.165) is 15.0 Å². The van der Waals surface area contributed by atoms with Gasteiger partial charge in [-0.3, -0.25) is 9.10 Å². The van der Waals surface area contributed by atoms with Gasteiger partial charge in [0.15, 0.2) is 11.5 Å². The quantitative estimate of drug-likeness (QED) is 0.793. The summed E-state index contributed by atoms with van der Waals surface area (Å²) in [5, 5.41) is 2.67. The Morgan fingerprint density at radius 3 is 2.68 bits per heavy atom. The molecule has 2 aromatic rings. The molecule has 0 fully saturated rings. The van der Waals surface area contributed by atoms with E-state index < -0.39 is 15.9 Å². The van der Waals surface area contributed by atoms with Crippen LogP contribution in [0, 0.1) is 0 Å². The van der Waals surface area contributed by atoms with Crippen molar-refractivity contribution in [2.75, 3.05) is 29.2 Å². The Kier molecular flexibility index (Phi) is 4.87. The summed E-state index contributed by atoms with van der Waals surface area (Å²) in [6.45, 7) is -0.207. The Hall–Kier alpha value is -2.26. The maximum Gasteiger partial charge on any atom is 0.245 e. The molecule has 25 heavy (non-hydrogen) atoms. The average Bonchev–Trinajstić information content (AvgIpc) is 2.99. The molecule has 0 saturated carbocycles. The number of benzene rings is 2. The van der Waals surface area contributed by atoms with Gasteiger partial charge in [-0.2, -0.15) is 0 Å². The highest BCUT2D eigenvalue weighted by Gasteiger charge is 2.21. The number of nitrogens with one attached hydrogen (secondary N) is 1. The highest BCUT2D eigenvalue weighted by atomic mass is 79.9. The summed E-state index contributed by atoms with van der Waals surface area (Å²) in [6, 6.07) is 11.7. The number of amides is 1. The lowest BCUT2D eigenvalue weighted by atomic mass is 10.2. The molecule has 2 aromatic carbocycles. The lowest BCUT2D eigenvalue weighted by molar-refractivity contribution is -0.114. The molecule has 0 bridgehead atoms. The van der Waals surface area contributed by atoms with Crippen molar-refractivity contribution >= 4 is 43.2 Å². The van der Waals surface area contributed by atoms with Crippen molar-refractivity contribution < 1.29 is 22.7 Å². The zero-order valence-corrected chi connectivity index (χ0v) is 15.6. The van der Waals surface area contributed by atoms with Crippen LogP contribution in [0.3, 0.4) is 0 Å². The van der Waals surface area contributed by atoms with Gasteiger partial charge in [-0.15, -0.1) is 0 Å². The van der Waals surface area contributed by atoms with Gasteiger partial charge in [0.2, 0.25) is 22.7 Å². The fourth-order valence-corrected chi connectivity index (χ4v) is 3.57. The van der Waals surface area contributed by atoms with Gasteiger partial charge in [0.1, 0.15) is 6.54 Å². The first kappa shape index (κ1) is 17.6. The number of anilines is 2. The van der Waals surface area contributed by atoms with Gasteiger partial charge < -0.3 is 14.8 Å². The van der Waals surface area contributed by atoms with Crippen molar-refractivity contribution in [2.45, 2.75) is 0 Å². The van der Waals surface area contributed by atoms with Crippen LogP contribution in [0.25, 0.3) is 0 Å². The molecule has 0 atom stereocenters. The molecule has 1 aliphatic heterocycles. The summed E-state index contributed by atoms with van der Waals surface area (Å²) in [4.78, 5) is 12.3. The van der Waals surface area contributed by atoms with E-state index in [0.29, 0.717) is 22.9 Å². The number of sulfonamides is 1. The minimum Gasteiger partial charge on any atom is -0.454 e. The minimum atomic E-state index is -3.62. The molecule has 0 aromatic heterocycles. The molecule has 0 radical (unpaired) electrons. The molecule has 0 saturated heterocycles. The first-order valence-corrected chi connectivity index (χ1v) is 9.90. The third-order valence-corrected chi connectivity index (χ3v) is 5.07. The predicted molar refractivity (Wildman–Crippen MR) is 97.5 cm³/mol. The zero-order valence-electron chi connectivity index (χ0n) is 13.2. The van der Waals surface area contributed by atoms with E-state index in [2.05, 4.69) is 21.2 Å². The summed E-state index contributed by atoms with van der Waals surface area (Å²) in [5.41, 5.74) is 0.898. The number of ether oxygens (including phenoxy) is 2. The number of hydrogen-bond acceptors (Lipinski definition) is 5. The molecule has 1 aliphatic rings. The first-order chi connectivity index (χ1) is 11.8. The molecule has 0 aliphatic carbocycles. The van der Waals surface area contributed by atoms with Gasteiger partial charge in [-0.25, -0.2) is 8.42 Å². The number of hydrogen-bond donors (Lipinski definition) is 1. The summed E-state index contributed by atoms with van der Waals surface area (Å²) >= 11 is 3.30. The van der Waals surface area contributed by atoms with Gasteiger partial charge in [0.05, 0.1) is 11.9 Å². The summed E-state index contributed by atoms with van der Waals surface area (Å²) in [6.07, 6.45) is 1.06. The van der Waals surface area contributed by atoms with Crippen LogP contribution in [0.2, 0.25) is 0 Å². The SMILES string of the molecule is CS(=O)(=O)N(CC(=O)Nc1ccc2c(c1)OCO2)c1cccc(Br)c1. The molecule has 7 nitrogen and oxygen atoms in total. The van der Waals surface area contributed by atoms with E-state index in [9.17, 15) is 13.2 Å². The lowest BCUT2D eigenvalue weighted by Gasteiger charge is -2.22. The van der Waals surface area contributed by atoms with Gasteiger partial charge in [0.25, 0.3) is 0 Å². The van der Waals surface area contributed by atoms with Crippen LogP contribution >= 0.6 is 15.9 Å².